The number of nitrogens with zero attached hydrogens (tertiary/aromatic N) is 1. The van der Waals surface area contributed by atoms with E-state index in [1.165, 1.54) is 0 Å². The molecule has 0 heterocycles. The Bertz CT molecular complexity index is 393. The van der Waals surface area contributed by atoms with Crippen molar-refractivity contribution in [2.24, 2.45) is 0 Å². The van der Waals surface area contributed by atoms with E-state index in [-0.39, 0.29) is 6.03 Å². The number of methoxy groups -OCH3 is 1. The molecule has 3 N–H and O–H groups in total. The summed E-state index contributed by atoms with van der Waals surface area (Å²) in [6.45, 7) is 2.98. The number of nitrogens with one attached hydrogen (secondary N) is 1. The highest BCUT2D eigenvalue weighted by molar-refractivity contribution is 5.73. The van der Waals surface area contributed by atoms with E-state index in [9.17, 15) is 4.79 Å². The number of hydrogen-bond acceptors (Lipinski definition) is 3. The molecule has 0 aliphatic heterocycles. The lowest BCUT2D eigenvalue weighted by Gasteiger charge is -2.16. The minimum Gasteiger partial charge on any atom is -0.496 e. The molecule has 0 saturated carbocycles. The molecule has 0 spiro atoms. The van der Waals surface area contributed by atoms with Crippen molar-refractivity contribution >= 4 is 11.7 Å². The first-order valence-corrected chi connectivity index (χ1v) is 5.49. The van der Waals surface area contributed by atoms with Gasteiger partial charge in [-0.3, -0.25) is 0 Å². The van der Waals surface area contributed by atoms with E-state index in [1.807, 2.05) is 6.92 Å². The van der Waals surface area contributed by atoms with Gasteiger partial charge in [-0.05, 0) is 25.1 Å². The number of ether oxygens (including phenoxy) is 1. The van der Waals surface area contributed by atoms with Crippen molar-refractivity contribution in [3.63, 3.8) is 0 Å². The monoisotopic (exact) mass is 237 g/mol. The Hall–Kier alpha value is -1.91. The Morgan fingerprint density at radius 2 is 2.24 bits per heavy atom. The lowest BCUT2D eigenvalue weighted by molar-refractivity contribution is 0.210. The van der Waals surface area contributed by atoms with E-state index in [2.05, 4.69) is 5.32 Å². The van der Waals surface area contributed by atoms with Gasteiger partial charge in [0.1, 0.15) is 5.75 Å². The maximum atomic E-state index is 11.6. The summed E-state index contributed by atoms with van der Waals surface area (Å²) in [7, 11) is 3.33. The van der Waals surface area contributed by atoms with Crippen LogP contribution in [-0.2, 0) is 6.54 Å². The number of rotatable bonds is 4. The second-order valence-electron chi connectivity index (χ2n) is 3.74. The number of nitrogen functional groups attached to an aromatic ring is 1. The van der Waals surface area contributed by atoms with Gasteiger partial charge in [0.25, 0.3) is 0 Å². The van der Waals surface area contributed by atoms with Crippen LogP contribution in [-0.4, -0.2) is 31.6 Å². The van der Waals surface area contributed by atoms with Gasteiger partial charge in [0, 0.05) is 31.4 Å². The topological polar surface area (TPSA) is 67.6 Å². The van der Waals surface area contributed by atoms with Gasteiger partial charge in [-0.25, -0.2) is 4.79 Å². The molecular formula is C12H19N3O2. The molecule has 5 heteroatoms. The second-order valence-corrected chi connectivity index (χ2v) is 3.74. The second kappa shape index (κ2) is 5.98. The van der Waals surface area contributed by atoms with Gasteiger partial charge in [0.15, 0.2) is 0 Å². The summed E-state index contributed by atoms with van der Waals surface area (Å²) in [4.78, 5) is 13.2. The largest absolute Gasteiger partial charge is 0.496 e. The highest BCUT2D eigenvalue weighted by Gasteiger charge is 2.08. The number of carbonyl (C=O) groups is 1. The predicted octanol–water partition coefficient (Wildman–Crippen LogP) is 1.44. The minimum atomic E-state index is -0.114. The number of hydrogen-bond donors (Lipinski definition) is 2. The van der Waals surface area contributed by atoms with Crippen LogP contribution in [0.5, 0.6) is 5.75 Å². The van der Waals surface area contributed by atoms with Crippen molar-refractivity contribution in [3.8, 4) is 5.75 Å². The van der Waals surface area contributed by atoms with Crippen LogP contribution < -0.4 is 15.8 Å². The van der Waals surface area contributed by atoms with E-state index in [0.29, 0.717) is 18.8 Å². The van der Waals surface area contributed by atoms with Gasteiger partial charge in [0.05, 0.1) is 7.11 Å². The fourth-order valence-electron chi connectivity index (χ4n) is 1.39. The molecule has 0 aliphatic rings. The Morgan fingerprint density at radius 1 is 1.53 bits per heavy atom. The standard InChI is InChI=1S/C12H19N3O2/c1-4-15(2)12(16)14-8-9-7-10(13)5-6-11(9)17-3/h5-7H,4,8,13H2,1-3H3,(H,14,16). The van der Waals surface area contributed by atoms with Crippen molar-refractivity contribution in [2.45, 2.75) is 13.5 Å². The molecule has 0 unspecified atom stereocenters. The summed E-state index contributed by atoms with van der Waals surface area (Å²) in [6.07, 6.45) is 0. The predicted molar refractivity (Wildman–Crippen MR) is 67.9 cm³/mol. The van der Waals surface area contributed by atoms with Gasteiger partial charge in [-0.15, -0.1) is 0 Å². The smallest absolute Gasteiger partial charge is 0.317 e. The lowest BCUT2D eigenvalue weighted by Crippen LogP contribution is -2.36. The van der Waals surface area contributed by atoms with Gasteiger partial charge in [-0.1, -0.05) is 0 Å². The van der Waals surface area contributed by atoms with E-state index in [0.717, 1.165) is 11.3 Å². The van der Waals surface area contributed by atoms with Crippen molar-refractivity contribution < 1.29 is 9.53 Å². The quantitative estimate of drug-likeness (QED) is 0.779. The van der Waals surface area contributed by atoms with Gasteiger partial charge >= 0.3 is 6.03 Å². The van der Waals surface area contributed by atoms with Crippen LogP contribution in [0, 0.1) is 0 Å². The third-order valence-electron chi connectivity index (χ3n) is 2.56. The van der Waals surface area contributed by atoms with Crippen LogP contribution in [0.25, 0.3) is 0 Å². The molecule has 0 atom stereocenters. The molecule has 0 aliphatic carbocycles. The molecule has 0 bridgehead atoms. The molecule has 2 amide bonds. The summed E-state index contributed by atoms with van der Waals surface area (Å²) in [5, 5.41) is 2.80. The molecule has 0 saturated heterocycles. The first-order valence-electron chi connectivity index (χ1n) is 5.49. The van der Waals surface area contributed by atoms with Crippen molar-refractivity contribution in [1.82, 2.24) is 10.2 Å². The number of benzene rings is 1. The molecule has 1 rings (SSSR count). The van der Waals surface area contributed by atoms with Gasteiger partial charge in [-0.2, -0.15) is 0 Å². The Labute approximate surface area is 102 Å². The molecule has 5 nitrogen and oxygen atoms in total. The zero-order chi connectivity index (χ0) is 12.8. The average molecular weight is 237 g/mol. The first kappa shape index (κ1) is 13.2. The Morgan fingerprint density at radius 3 is 2.82 bits per heavy atom. The average Bonchev–Trinajstić information content (AvgIpc) is 2.35. The summed E-state index contributed by atoms with van der Waals surface area (Å²) in [5.74, 6) is 0.721. The lowest BCUT2D eigenvalue weighted by atomic mass is 10.2. The third kappa shape index (κ3) is 3.55. The molecule has 1 aromatic rings. The van der Waals surface area contributed by atoms with Crippen LogP contribution in [0.4, 0.5) is 10.5 Å². The number of nitrogens with two attached hydrogens (primary N) is 1. The SMILES string of the molecule is CCN(C)C(=O)NCc1cc(N)ccc1OC. The normalized spacial score (nSPS) is 9.82. The van der Waals surface area contributed by atoms with E-state index in [1.54, 1.807) is 37.3 Å². The van der Waals surface area contributed by atoms with E-state index in [4.69, 9.17) is 10.5 Å². The van der Waals surface area contributed by atoms with Crippen molar-refractivity contribution in [3.05, 3.63) is 23.8 Å². The van der Waals surface area contributed by atoms with Crippen LogP contribution in [0.3, 0.4) is 0 Å². The highest BCUT2D eigenvalue weighted by atomic mass is 16.5. The Balaban J connectivity index is 2.68. The van der Waals surface area contributed by atoms with Crippen LogP contribution in [0.15, 0.2) is 18.2 Å². The zero-order valence-electron chi connectivity index (χ0n) is 10.5. The van der Waals surface area contributed by atoms with Crippen LogP contribution in [0.1, 0.15) is 12.5 Å². The number of carbonyl (C=O) groups excluding carboxylic acids is 1. The van der Waals surface area contributed by atoms with Crippen molar-refractivity contribution in [1.29, 1.82) is 0 Å². The van der Waals surface area contributed by atoms with Crippen molar-refractivity contribution in [2.75, 3.05) is 26.4 Å². The molecular weight excluding hydrogens is 218 g/mol. The summed E-state index contributed by atoms with van der Waals surface area (Å²) >= 11 is 0. The number of anilines is 1. The fraction of sp³-hybridized carbons (Fsp3) is 0.417. The maximum Gasteiger partial charge on any atom is 0.317 e. The minimum absolute atomic E-state index is 0.114. The molecule has 1 aromatic carbocycles. The zero-order valence-corrected chi connectivity index (χ0v) is 10.5. The van der Waals surface area contributed by atoms with Crippen LogP contribution >= 0.6 is 0 Å². The van der Waals surface area contributed by atoms with Gasteiger partial charge in [0.2, 0.25) is 0 Å². The molecule has 0 aromatic heterocycles. The number of urea groups is 1. The highest BCUT2D eigenvalue weighted by Crippen LogP contribution is 2.20. The summed E-state index contributed by atoms with van der Waals surface area (Å²) in [5.41, 5.74) is 7.21. The van der Waals surface area contributed by atoms with E-state index >= 15 is 0 Å². The summed E-state index contributed by atoms with van der Waals surface area (Å²) in [6, 6.07) is 5.24. The molecule has 17 heavy (non-hydrogen) atoms. The molecule has 94 valence electrons. The third-order valence-corrected chi connectivity index (χ3v) is 2.56. The number of amides is 2. The van der Waals surface area contributed by atoms with Gasteiger partial charge < -0.3 is 20.7 Å². The molecule has 0 radical (unpaired) electrons. The summed E-state index contributed by atoms with van der Waals surface area (Å²) < 4.78 is 5.20. The maximum absolute atomic E-state index is 11.6. The van der Waals surface area contributed by atoms with E-state index < -0.39 is 0 Å². The van der Waals surface area contributed by atoms with Crippen LogP contribution in [0.2, 0.25) is 0 Å². The first-order chi connectivity index (χ1) is 8.08. The fourth-order valence-corrected chi connectivity index (χ4v) is 1.39. The molecule has 0 fully saturated rings. The Kier molecular flexibility index (Phi) is 4.63.